The third kappa shape index (κ3) is 4.56. The molecule has 1 heterocycles. The Hall–Kier alpha value is -0.340. The van der Waals surface area contributed by atoms with Gasteiger partial charge in [-0.15, -0.1) is 0 Å². The van der Waals surface area contributed by atoms with Crippen molar-refractivity contribution < 1.29 is 21.6 Å². The lowest BCUT2D eigenvalue weighted by molar-refractivity contribution is -0.183. The highest BCUT2D eigenvalue weighted by Gasteiger charge is 2.42. The molecule has 2 aliphatic rings. The van der Waals surface area contributed by atoms with Crippen LogP contribution in [0.15, 0.2) is 0 Å². The van der Waals surface area contributed by atoms with Gasteiger partial charge in [-0.3, -0.25) is 0 Å². The molecule has 0 amide bonds. The first-order valence-electron chi connectivity index (χ1n) is 7.45. The van der Waals surface area contributed by atoms with Crippen molar-refractivity contribution >= 4 is 10.0 Å². The molecule has 21 heavy (non-hydrogen) atoms. The molecular formula is C13H23F3N2O2S. The Morgan fingerprint density at radius 1 is 1.19 bits per heavy atom. The van der Waals surface area contributed by atoms with E-state index in [2.05, 4.69) is 5.32 Å². The standard InChI is InChI=1S/C13H23F3N2O2S/c1-21(19,20)18-7-3-6-12(18)9-17-11-5-2-4-10(8-11)13(14,15)16/h10-12,17H,2-9H2,1H3/t10-,11+,12-/m1/s1. The first kappa shape index (κ1) is 17.0. The van der Waals surface area contributed by atoms with Crippen molar-refractivity contribution in [3.63, 3.8) is 0 Å². The number of halogens is 3. The minimum Gasteiger partial charge on any atom is -0.312 e. The van der Waals surface area contributed by atoms with Crippen molar-refractivity contribution in [2.24, 2.45) is 5.92 Å². The molecule has 3 atom stereocenters. The van der Waals surface area contributed by atoms with Gasteiger partial charge in [0.05, 0.1) is 12.2 Å². The van der Waals surface area contributed by atoms with E-state index in [1.54, 1.807) is 0 Å². The summed E-state index contributed by atoms with van der Waals surface area (Å²) in [6, 6.07) is -0.279. The molecule has 1 saturated heterocycles. The van der Waals surface area contributed by atoms with Crippen LogP contribution in [0.2, 0.25) is 0 Å². The largest absolute Gasteiger partial charge is 0.391 e. The summed E-state index contributed by atoms with van der Waals surface area (Å²) < 4.78 is 63.0. The highest BCUT2D eigenvalue weighted by atomic mass is 32.2. The van der Waals surface area contributed by atoms with Gasteiger partial charge in [0, 0.05) is 25.2 Å². The Morgan fingerprint density at radius 3 is 2.52 bits per heavy atom. The normalized spacial score (nSPS) is 32.5. The molecule has 2 rings (SSSR count). The molecule has 0 aromatic rings. The smallest absolute Gasteiger partial charge is 0.312 e. The molecule has 124 valence electrons. The van der Waals surface area contributed by atoms with Crippen LogP contribution in [0.4, 0.5) is 13.2 Å². The van der Waals surface area contributed by atoms with Gasteiger partial charge < -0.3 is 5.32 Å². The second-order valence-electron chi connectivity index (χ2n) is 6.18. The van der Waals surface area contributed by atoms with Crippen molar-refractivity contribution in [2.75, 3.05) is 19.3 Å². The summed E-state index contributed by atoms with van der Waals surface area (Å²) in [6.07, 6.45) is 0.277. The Balaban J connectivity index is 1.85. The molecule has 2 fully saturated rings. The van der Waals surface area contributed by atoms with Crippen LogP contribution in [-0.4, -0.2) is 50.3 Å². The van der Waals surface area contributed by atoms with Crippen LogP contribution in [0.5, 0.6) is 0 Å². The molecule has 4 nitrogen and oxygen atoms in total. The average Bonchev–Trinajstić information content (AvgIpc) is 2.84. The van der Waals surface area contributed by atoms with Crippen LogP contribution in [0.1, 0.15) is 38.5 Å². The Labute approximate surface area is 124 Å². The summed E-state index contributed by atoms with van der Waals surface area (Å²) in [5.41, 5.74) is 0. The second-order valence-corrected chi connectivity index (χ2v) is 8.12. The van der Waals surface area contributed by atoms with Crippen LogP contribution in [0, 0.1) is 5.92 Å². The van der Waals surface area contributed by atoms with E-state index < -0.39 is 22.1 Å². The Morgan fingerprint density at radius 2 is 1.90 bits per heavy atom. The van der Waals surface area contributed by atoms with Gasteiger partial charge in [0.15, 0.2) is 0 Å². The average molecular weight is 328 g/mol. The van der Waals surface area contributed by atoms with Crippen molar-refractivity contribution in [1.82, 2.24) is 9.62 Å². The van der Waals surface area contributed by atoms with Gasteiger partial charge in [-0.05, 0) is 32.1 Å². The quantitative estimate of drug-likeness (QED) is 0.860. The van der Waals surface area contributed by atoms with E-state index in [0.29, 0.717) is 19.5 Å². The maximum absolute atomic E-state index is 12.8. The lowest BCUT2D eigenvalue weighted by Gasteiger charge is -2.32. The van der Waals surface area contributed by atoms with E-state index >= 15 is 0 Å². The van der Waals surface area contributed by atoms with Gasteiger partial charge in [0.2, 0.25) is 10.0 Å². The number of rotatable bonds is 4. The fourth-order valence-corrected chi connectivity index (χ4v) is 4.61. The summed E-state index contributed by atoms with van der Waals surface area (Å²) in [5, 5.41) is 3.16. The third-order valence-corrected chi connectivity index (χ3v) is 5.86. The maximum atomic E-state index is 12.8. The monoisotopic (exact) mass is 328 g/mol. The minimum absolute atomic E-state index is 0.106. The highest BCUT2D eigenvalue weighted by Crippen LogP contribution is 2.37. The molecule has 1 saturated carbocycles. The van der Waals surface area contributed by atoms with E-state index in [9.17, 15) is 21.6 Å². The van der Waals surface area contributed by atoms with E-state index in [0.717, 1.165) is 19.3 Å². The predicted molar refractivity (Wildman–Crippen MR) is 74.4 cm³/mol. The van der Waals surface area contributed by atoms with Gasteiger partial charge in [-0.2, -0.15) is 17.5 Å². The molecule has 0 aromatic carbocycles. The molecule has 1 aliphatic heterocycles. The van der Waals surface area contributed by atoms with Crippen LogP contribution in [0.3, 0.4) is 0 Å². The molecule has 0 bridgehead atoms. The number of hydrogen-bond donors (Lipinski definition) is 1. The number of nitrogens with zero attached hydrogens (tertiary/aromatic N) is 1. The molecule has 0 radical (unpaired) electrons. The first-order valence-corrected chi connectivity index (χ1v) is 9.29. The molecular weight excluding hydrogens is 305 g/mol. The van der Waals surface area contributed by atoms with Gasteiger partial charge >= 0.3 is 6.18 Å². The van der Waals surface area contributed by atoms with Crippen LogP contribution >= 0.6 is 0 Å². The van der Waals surface area contributed by atoms with E-state index in [1.165, 1.54) is 10.6 Å². The topological polar surface area (TPSA) is 49.4 Å². The van der Waals surface area contributed by atoms with Crippen molar-refractivity contribution in [2.45, 2.75) is 56.8 Å². The zero-order valence-corrected chi connectivity index (χ0v) is 13.0. The molecule has 8 heteroatoms. The maximum Gasteiger partial charge on any atom is 0.391 e. The van der Waals surface area contributed by atoms with Gasteiger partial charge in [-0.1, -0.05) is 6.42 Å². The summed E-state index contributed by atoms with van der Waals surface area (Å²) >= 11 is 0. The summed E-state index contributed by atoms with van der Waals surface area (Å²) in [5.74, 6) is -1.22. The van der Waals surface area contributed by atoms with E-state index in [1.807, 2.05) is 0 Å². The number of hydrogen-bond acceptors (Lipinski definition) is 3. The zero-order valence-electron chi connectivity index (χ0n) is 12.2. The van der Waals surface area contributed by atoms with Gasteiger partial charge in [0.1, 0.15) is 0 Å². The van der Waals surface area contributed by atoms with E-state index in [-0.39, 0.29) is 24.9 Å². The van der Waals surface area contributed by atoms with Gasteiger partial charge in [0.25, 0.3) is 0 Å². The lowest BCUT2D eigenvalue weighted by atomic mass is 9.85. The fraction of sp³-hybridized carbons (Fsp3) is 1.00. The van der Waals surface area contributed by atoms with Crippen LogP contribution in [-0.2, 0) is 10.0 Å². The van der Waals surface area contributed by atoms with Crippen LogP contribution < -0.4 is 5.32 Å². The SMILES string of the molecule is CS(=O)(=O)N1CCC[C@@H]1CN[C@H]1CCC[C@@H](C(F)(F)F)C1. The molecule has 0 aromatic heterocycles. The van der Waals surface area contributed by atoms with Crippen LogP contribution in [0.25, 0.3) is 0 Å². The van der Waals surface area contributed by atoms with Crippen molar-refractivity contribution in [1.29, 1.82) is 0 Å². The molecule has 1 aliphatic carbocycles. The lowest BCUT2D eigenvalue weighted by Crippen LogP contribution is -2.46. The minimum atomic E-state index is -4.12. The Kier molecular flexibility index (Phi) is 5.20. The second kappa shape index (κ2) is 6.42. The highest BCUT2D eigenvalue weighted by molar-refractivity contribution is 7.88. The van der Waals surface area contributed by atoms with Gasteiger partial charge in [-0.25, -0.2) is 8.42 Å². The van der Waals surface area contributed by atoms with E-state index in [4.69, 9.17) is 0 Å². The Bertz CT molecular complexity index is 453. The summed E-state index contributed by atoms with van der Waals surface area (Å²) in [7, 11) is -3.23. The zero-order chi connectivity index (χ0) is 15.7. The third-order valence-electron chi connectivity index (χ3n) is 4.53. The number of sulfonamides is 1. The number of nitrogens with one attached hydrogen (secondary N) is 1. The van der Waals surface area contributed by atoms with Crippen molar-refractivity contribution in [3.05, 3.63) is 0 Å². The fourth-order valence-electron chi connectivity index (χ4n) is 3.42. The number of alkyl halides is 3. The molecule has 0 spiro atoms. The summed E-state index contributed by atoms with van der Waals surface area (Å²) in [4.78, 5) is 0. The summed E-state index contributed by atoms with van der Waals surface area (Å²) in [6.45, 7) is 0.962. The predicted octanol–water partition coefficient (Wildman–Crippen LogP) is 2.12. The molecule has 1 N–H and O–H groups in total. The molecule has 0 unspecified atom stereocenters. The van der Waals surface area contributed by atoms with Crippen molar-refractivity contribution in [3.8, 4) is 0 Å². The first-order chi connectivity index (χ1) is 9.68.